The van der Waals surface area contributed by atoms with Gasteiger partial charge in [-0.2, -0.15) is 11.8 Å². The molecule has 62 valence electrons. The fraction of sp³-hybridized carbons (Fsp3) is 0.625. The van der Waals surface area contributed by atoms with Gasteiger partial charge in [-0.1, -0.05) is 6.58 Å². The van der Waals surface area contributed by atoms with Gasteiger partial charge in [-0.3, -0.25) is 4.79 Å². The molecule has 1 fully saturated rings. The van der Waals surface area contributed by atoms with Crippen LogP contribution in [0.4, 0.5) is 0 Å². The Morgan fingerprint density at radius 2 is 2.45 bits per heavy atom. The number of hydrogen-bond acceptors (Lipinski definition) is 2. The molecule has 3 heteroatoms. The van der Waals surface area contributed by atoms with Gasteiger partial charge in [0.05, 0.1) is 0 Å². The summed E-state index contributed by atoms with van der Waals surface area (Å²) in [5.74, 6) is 2.22. The van der Waals surface area contributed by atoms with E-state index in [1.807, 2.05) is 11.8 Å². The lowest BCUT2D eigenvalue weighted by Crippen LogP contribution is -2.34. The van der Waals surface area contributed by atoms with Crippen molar-refractivity contribution in [2.45, 2.75) is 19.4 Å². The number of thioether (sulfide) groups is 1. The molecular weight excluding hydrogens is 158 g/mol. The first-order chi connectivity index (χ1) is 5.20. The molecule has 0 aromatic rings. The number of carbonyl (C=O) groups is 1. The Morgan fingerprint density at radius 3 is 2.91 bits per heavy atom. The van der Waals surface area contributed by atoms with E-state index in [2.05, 4.69) is 11.9 Å². The molecule has 1 unspecified atom stereocenters. The molecule has 0 aliphatic carbocycles. The molecule has 1 aliphatic rings. The summed E-state index contributed by atoms with van der Waals surface area (Å²) in [6.07, 6.45) is 1.10. The summed E-state index contributed by atoms with van der Waals surface area (Å²) < 4.78 is 0. The van der Waals surface area contributed by atoms with Crippen LogP contribution in [0.25, 0.3) is 0 Å². The van der Waals surface area contributed by atoms with E-state index in [1.165, 1.54) is 5.75 Å². The van der Waals surface area contributed by atoms with Crippen molar-refractivity contribution in [1.82, 2.24) is 5.32 Å². The van der Waals surface area contributed by atoms with E-state index in [0.717, 1.165) is 12.2 Å². The summed E-state index contributed by atoms with van der Waals surface area (Å²) in [5.41, 5.74) is 0.599. The average molecular weight is 171 g/mol. The van der Waals surface area contributed by atoms with Crippen molar-refractivity contribution in [3.63, 3.8) is 0 Å². The number of rotatable bonds is 2. The molecule has 1 amide bonds. The van der Waals surface area contributed by atoms with E-state index in [1.54, 1.807) is 6.92 Å². The molecule has 0 bridgehead atoms. The highest BCUT2D eigenvalue weighted by atomic mass is 32.2. The van der Waals surface area contributed by atoms with Crippen LogP contribution in [0, 0.1) is 0 Å². The van der Waals surface area contributed by atoms with Crippen LogP contribution in [-0.2, 0) is 4.79 Å². The maximum Gasteiger partial charge on any atom is 0.246 e. The Morgan fingerprint density at radius 1 is 1.73 bits per heavy atom. The lowest BCUT2D eigenvalue weighted by atomic mass is 10.2. The van der Waals surface area contributed by atoms with Gasteiger partial charge in [0.25, 0.3) is 0 Å². The van der Waals surface area contributed by atoms with Gasteiger partial charge in [0, 0.05) is 17.4 Å². The summed E-state index contributed by atoms with van der Waals surface area (Å²) in [5, 5.41) is 2.92. The third kappa shape index (κ3) is 2.58. The minimum atomic E-state index is -0.00231. The molecular formula is C8H13NOS. The van der Waals surface area contributed by atoms with Gasteiger partial charge < -0.3 is 5.32 Å². The van der Waals surface area contributed by atoms with E-state index in [4.69, 9.17) is 0 Å². The minimum absolute atomic E-state index is 0.00231. The van der Waals surface area contributed by atoms with Crippen LogP contribution in [-0.4, -0.2) is 23.5 Å². The van der Waals surface area contributed by atoms with Crippen LogP contribution in [0.15, 0.2) is 12.2 Å². The number of amides is 1. The molecule has 0 aromatic carbocycles. The Balaban J connectivity index is 2.29. The Kier molecular flexibility index (Phi) is 3.00. The van der Waals surface area contributed by atoms with E-state index < -0.39 is 0 Å². The molecule has 1 rings (SSSR count). The lowest BCUT2D eigenvalue weighted by molar-refractivity contribution is -0.117. The van der Waals surface area contributed by atoms with Gasteiger partial charge in [-0.25, -0.2) is 0 Å². The molecule has 1 atom stereocenters. The van der Waals surface area contributed by atoms with Crippen molar-refractivity contribution in [1.29, 1.82) is 0 Å². The average Bonchev–Trinajstić information content (AvgIpc) is 2.39. The second kappa shape index (κ2) is 3.81. The summed E-state index contributed by atoms with van der Waals surface area (Å²) in [4.78, 5) is 11.1. The van der Waals surface area contributed by atoms with Crippen LogP contribution in [0.2, 0.25) is 0 Å². The van der Waals surface area contributed by atoms with Gasteiger partial charge in [-0.05, 0) is 19.1 Å². The van der Waals surface area contributed by atoms with Crippen LogP contribution in [0.3, 0.4) is 0 Å². The van der Waals surface area contributed by atoms with Crippen LogP contribution in [0.1, 0.15) is 13.3 Å². The fourth-order valence-corrected chi connectivity index (χ4v) is 2.11. The molecule has 1 saturated heterocycles. The quantitative estimate of drug-likeness (QED) is 0.632. The molecule has 2 nitrogen and oxygen atoms in total. The monoisotopic (exact) mass is 171 g/mol. The summed E-state index contributed by atoms with van der Waals surface area (Å²) in [6, 6.07) is 0.379. The largest absolute Gasteiger partial charge is 0.349 e. The molecule has 0 aromatic heterocycles. The third-order valence-electron chi connectivity index (χ3n) is 1.65. The van der Waals surface area contributed by atoms with Gasteiger partial charge in [0.1, 0.15) is 0 Å². The lowest BCUT2D eigenvalue weighted by Gasteiger charge is -2.10. The van der Waals surface area contributed by atoms with Crippen molar-refractivity contribution in [3.8, 4) is 0 Å². The van der Waals surface area contributed by atoms with Crippen LogP contribution >= 0.6 is 11.8 Å². The van der Waals surface area contributed by atoms with Crippen molar-refractivity contribution in [2.75, 3.05) is 11.5 Å². The van der Waals surface area contributed by atoms with Crippen molar-refractivity contribution in [2.24, 2.45) is 0 Å². The Labute approximate surface area is 71.4 Å². The zero-order valence-corrected chi connectivity index (χ0v) is 7.54. The van der Waals surface area contributed by atoms with E-state index in [9.17, 15) is 4.79 Å². The van der Waals surface area contributed by atoms with Gasteiger partial charge in [0.15, 0.2) is 0 Å². The minimum Gasteiger partial charge on any atom is -0.349 e. The Bertz CT molecular complexity index is 173. The first-order valence-corrected chi connectivity index (χ1v) is 4.89. The molecule has 1 heterocycles. The maximum absolute atomic E-state index is 11.1. The SMILES string of the molecule is C=C(C)C(=O)NC1CCSC1. The molecule has 0 saturated carbocycles. The zero-order valence-electron chi connectivity index (χ0n) is 6.72. The highest BCUT2D eigenvalue weighted by Gasteiger charge is 2.17. The topological polar surface area (TPSA) is 29.1 Å². The highest BCUT2D eigenvalue weighted by molar-refractivity contribution is 7.99. The molecule has 1 N–H and O–H groups in total. The standard InChI is InChI=1S/C8H13NOS/c1-6(2)8(10)9-7-3-4-11-5-7/h7H,1,3-5H2,2H3,(H,9,10). The number of carbonyl (C=O) groups excluding carboxylic acids is 1. The number of hydrogen-bond donors (Lipinski definition) is 1. The van der Waals surface area contributed by atoms with Crippen molar-refractivity contribution in [3.05, 3.63) is 12.2 Å². The maximum atomic E-state index is 11.1. The van der Waals surface area contributed by atoms with E-state index in [0.29, 0.717) is 11.6 Å². The summed E-state index contributed by atoms with van der Waals surface area (Å²) in [6.45, 7) is 5.31. The van der Waals surface area contributed by atoms with Crippen LogP contribution in [0.5, 0.6) is 0 Å². The first kappa shape index (κ1) is 8.65. The molecule has 0 spiro atoms. The molecule has 0 radical (unpaired) electrons. The Hall–Kier alpha value is -0.440. The highest BCUT2D eigenvalue weighted by Crippen LogP contribution is 2.17. The molecule has 1 aliphatic heterocycles. The van der Waals surface area contributed by atoms with Crippen LogP contribution < -0.4 is 5.32 Å². The second-order valence-electron chi connectivity index (χ2n) is 2.81. The summed E-state index contributed by atoms with van der Waals surface area (Å²) >= 11 is 1.89. The normalized spacial score (nSPS) is 23.2. The van der Waals surface area contributed by atoms with Crippen molar-refractivity contribution < 1.29 is 4.79 Å². The van der Waals surface area contributed by atoms with E-state index >= 15 is 0 Å². The predicted molar refractivity (Wildman–Crippen MR) is 48.7 cm³/mol. The fourth-order valence-electron chi connectivity index (χ4n) is 0.957. The third-order valence-corrected chi connectivity index (χ3v) is 2.81. The smallest absolute Gasteiger partial charge is 0.246 e. The molecule has 11 heavy (non-hydrogen) atoms. The van der Waals surface area contributed by atoms with Gasteiger partial charge in [0.2, 0.25) is 5.91 Å². The predicted octanol–water partition coefficient (Wildman–Crippen LogP) is 1.18. The number of nitrogens with one attached hydrogen (secondary N) is 1. The van der Waals surface area contributed by atoms with Crippen molar-refractivity contribution >= 4 is 17.7 Å². The summed E-state index contributed by atoms with van der Waals surface area (Å²) in [7, 11) is 0. The van der Waals surface area contributed by atoms with Gasteiger partial charge in [-0.15, -0.1) is 0 Å². The van der Waals surface area contributed by atoms with E-state index in [-0.39, 0.29) is 5.91 Å². The first-order valence-electron chi connectivity index (χ1n) is 3.74. The zero-order chi connectivity index (χ0) is 8.27. The van der Waals surface area contributed by atoms with Gasteiger partial charge >= 0.3 is 0 Å². The second-order valence-corrected chi connectivity index (χ2v) is 3.96.